The number of hydrogen-bond donors (Lipinski definition) is 0. The molecule has 2 aliphatic heterocycles. The second-order valence-electron chi connectivity index (χ2n) is 9.76. The molecule has 2 heterocycles. The molecule has 0 radical (unpaired) electrons. The van der Waals surface area contributed by atoms with E-state index in [9.17, 15) is 0 Å². The molecule has 0 amide bonds. The highest BCUT2D eigenvalue weighted by atomic mass is 32.2. The maximum Gasteiger partial charge on any atom is 0.127 e. The average molecular weight is 447 g/mol. The number of methoxy groups -OCH3 is 1. The smallest absolute Gasteiger partial charge is 0.127 e. The molecule has 3 aliphatic rings. The molecule has 1 aliphatic carbocycles. The Morgan fingerprint density at radius 3 is 2.60 bits per heavy atom. The van der Waals surface area contributed by atoms with Gasteiger partial charge in [0.15, 0.2) is 0 Å². The van der Waals surface area contributed by atoms with E-state index in [-0.39, 0.29) is 9.68 Å². The van der Waals surface area contributed by atoms with E-state index in [1.165, 1.54) is 60.3 Å². The number of rotatable bonds is 7. The lowest BCUT2D eigenvalue weighted by atomic mass is 9.67. The zero-order valence-corrected chi connectivity index (χ0v) is 21.0. The first kappa shape index (κ1) is 22.5. The van der Waals surface area contributed by atoms with Crippen LogP contribution in [0.15, 0.2) is 23.8 Å². The Balaban J connectivity index is 1.73. The third kappa shape index (κ3) is 4.16. The summed E-state index contributed by atoms with van der Waals surface area (Å²) in [5.41, 5.74) is 4.06. The first-order valence-electron chi connectivity index (χ1n) is 11.7. The molecule has 30 heavy (non-hydrogen) atoms. The zero-order chi connectivity index (χ0) is 21.4. The number of thioether (sulfide) groups is 2. The summed E-state index contributed by atoms with van der Waals surface area (Å²) in [7, 11) is 1.84. The van der Waals surface area contributed by atoms with Gasteiger partial charge in [-0.3, -0.25) is 0 Å². The van der Waals surface area contributed by atoms with Gasteiger partial charge in [0.1, 0.15) is 17.1 Å². The SMILES string of the molecule is CCCCCCC1(c2cc(OC)c3c(c2)OC(C)(C)[C@@H]2CC=C(C)C[C@@H]32)SCCS1. The van der Waals surface area contributed by atoms with Gasteiger partial charge in [0.25, 0.3) is 0 Å². The molecule has 1 aromatic carbocycles. The van der Waals surface area contributed by atoms with Crippen LogP contribution in [0.4, 0.5) is 0 Å². The predicted octanol–water partition coefficient (Wildman–Crippen LogP) is 7.91. The van der Waals surface area contributed by atoms with Crippen LogP contribution in [-0.4, -0.2) is 24.2 Å². The van der Waals surface area contributed by atoms with Crippen LogP contribution >= 0.6 is 23.5 Å². The van der Waals surface area contributed by atoms with E-state index in [1.54, 1.807) is 0 Å². The van der Waals surface area contributed by atoms with E-state index < -0.39 is 0 Å². The molecule has 0 N–H and O–H groups in total. The van der Waals surface area contributed by atoms with Crippen LogP contribution in [0.3, 0.4) is 0 Å². The van der Waals surface area contributed by atoms with Crippen molar-refractivity contribution in [1.29, 1.82) is 0 Å². The van der Waals surface area contributed by atoms with E-state index in [0.717, 1.165) is 24.3 Å². The summed E-state index contributed by atoms with van der Waals surface area (Å²) in [6.45, 7) is 9.12. The predicted molar refractivity (Wildman–Crippen MR) is 132 cm³/mol. The van der Waals surface area contributed by atoms with Gasteiger partial charge in [-0.05, 0) is 57.7 Å². The first-order valence-corrected chi connectivity index (χ1v) is 13.7. The van der Waals surface area contributed by atoms with Gasteiger partial charge in [0.05, 0.1) is 11.2 Å². The molecule has 4 heteroatoms. The van der Waals surface area contributed by atoms with Gasteiger partial charge in [0, 0.05) is 28.9 Å². The summed E-state index contributed by atoms with van der Waals surface area (Å²) in [4.78, 5) is 0. The van der Waals surface area contributed by atoms with Gasteiger partial charge in [-0.15, -0.1) is 23.5 Å². The average Bonchev–Trinajstić information content (AvgIpc) is 3.19. The zero-order valence-electron chi connectivity index (χ0n) is 19.4. The fourth-order valence-electron chi connectivity index (χ4n) is 5.63. The number of fused-ring (bicyclic) bond motifs is 3. The third-order valence-corrected chi connectivity index (χ3v) is 10.9. The molecule has 0 spiro atoms. The molecular weight excluding hydrogens is 408 g/mol. The number of unbranched alkanes of at least 4 members (excludes halogenated alkanes) is 3. The van der Waals surface area contributed by atoms with Crippen LogP contribution in [0.2, 0.25) is 0 Å². The lowest BCUT2D eigenvalue weighted by molar-refractivity contribution is 0.00747. The lowest BCUT2D eigenvalue weighted by Gasteiger charge is -2.47. The van der Waals surface area contributed by atoms with Crippen molar-refractivity contribution in [2.75, 3.05) is 18.6 Å². The van der Waals surface area contributed by atoms with Gasteiger partial charge in [-0.25, -0.2) is 0 Å². The van der Waals surface area contributed by atoms with Crippen molar-refractivity contribution >= 4 is 23.5 Å². The Kier molecular flexibility index (Phi) is 6.75. The number of hydrogen-bond acceptors (Lipinski definition) is 4. The highest BCUT2D eigenvalue weighted by Gasteiger charge is 2.47. The highest BCUT2D eigenvalue weighted by Crippen LogP contribution is 2.59. The van der Waals surface area contributed by atoms with Crippen LogP contribution in [-0.2, 0) is 4.08 Å². The minimum Gasteiger partial charge on any atom is -0.496 e. The van der Waals surface area contributed by atoms with Crippen LogP contribution in [0, 0.1) is 5.92 Å². The summed E-state index contributed by atoms with van der Waals surface area (Å²) >= 11 is 4.27. The Bertz CT molecular complexity index is 792. The summed E-state index contributed by atoms with van der Waals surface area (Å²) in [5.74, 6) is 5.58. The molecule has 4 rings (SSSR count). The molecule has 166 valence electrons. The Morgan fingerprint density at radius 1 is 1.13 bits per heavy atom. The number of ether oxygens (including phenoxy) is 2. The maximum absolute atomic E-state index is 6.73. The normalized spacial score (nSPS) is 26.4. The van der Waals surface area contributed by atoms with Gasteiger partial charge >= 0.3 is 0 Å². The maximum atomic E-state index is 6.73. The van der Waals surface area contributed by atoms with E-state index >= 15 is 0 Å². The van der Waals surface area contributed by atoms with Crippen molar-refractivity contribution in [3.05, 3.63) is 34.9 Å². The van der Waals surface area contributed by atoms with Crippen molar-refractivity contribution in [3.8, 4) is 11.5 Å². The Labute approximate surface area is 191 Å². The summed E-state index contributed by atoms with van der Waals surface area (Å²) in [6.07, 6.45) is 11.1. The fraction of sp³-hybridized carbons (Fsp3) is 0.692. The number of benzene rings is 1. The number of allylic oxidation sites excluding steroid dienone is 2. The molecule has 1 aromatic rings. The molecule has 0 unspecified atom stereocenters. The van der Waals surface area contributed by atoms with Crippen molar-refractivity contribution in [2.45, 2.75) is 88.2 Å². The van der Waals surface area contributed by atoms with E-state index in [0.29, 0.717) is 11.8 Å². The lowest BCUT2D eigenvalue weighted by Crippen LogP contribution is -2.45. The minimum atomic E-state index is -0.150. The first-order chi connectivity index (χ1) is 14.4. The summed E-state index contributed by atoms with van der Waals surface area (Å²) < 4.78 is 12.9. The van der Waals surface area contributed by atoms with E-state index in [4.69, 9.17) is 9.47 Å². The van der Waals surface area contributed by atoms with E-state index in [1.807, 2.05) is 7.11 Å². The van der Waals surface area contributed by atoms with Crippen molar-refractivity contribution in [1.82, 2.24) is 0 Å². The third-order valence-electron chi connectivity index (χ3n) is 7.26. The standard InChI is InChI=1S/C26H38O2S2/c1-6-7-8-9-12-26(29-13-14-30-26)19-16-22(27-5)24-20-15-18(2)10-11-21(20)25(3,4)28-23(24)17-19/h10,16-17,20-21H,6-9,11-15H2,1-5H3/t20-,21-/m1/s1. The second kappa shape index (κ2) is 9.02. The molecular formula is C26H38O2S2. The topological polar surface area (TPSA) is 18.5 Å². The van der Waals surface area contributed by atoms with Gasteiger partial charge in [-0.1, -0.05) is 44.3 Å². The van der Waals surface area contributed by atoms with Crippen molar-refractivity contribution < 1.29 is 9.47 Å². The van der Waals surface area contributed by atoms with Crippen LogP contribution < -0.4 is 9.47 Å². The molecule has 0 aromatic heterocycles. The van der Waals surface area contributed by atoms with Gasteiger partial charge < -0.3 is 9.47 Å². The highest BCUT2D eigenvalue weighted by molar-refractivity contribution is 8.20. The van der Waals surface area contributed by atoms with Gasteiger partial charge in [0.2, 0.25) is 0 Å². The monoisotopic (exact) mass is 446 g/mol. The van der Waals surface area contributed by atoms with Crippen molar-refractivity contribution in [2.24, 2.45) is 5.92 Å². The molecule has 0 saturated carbocycles. The quantitative estimate of drug-likeness (QED) is 0.313. The van der Waals surface area contributed by atoms with Crippen molar-refractivity contribution in [3.63, 3.8) is 0 Å². The summed E-state index contributed by atoms with van der Waals surface area (Å²) in [6, 6.07) is 4.74. The van der Waals surface area contributed by atoms with Crippen LogP contribution in [0.5, 0.6) is 11.5 Å². The summed E-state index contributed by atoms with van der Waals surface area (Å²) in [5, 5.41) is 0. The molecule has 1 fully saturated rings. The largest absolute Gasteiger partial charge is 0.496 e. The Hall–Kier alpha value is -0.740. The Morgan fingerprint density at radius 2 is 1.90 bits per heavy atom. The molecule has 2 nitrogen and oxygen atoms in total. The second-order valence-corrected chi connectivity index (χ2v) is 12.8. The molecule has 0 bridgehead atoms. The van der Waals surface area contributed by atoms with Crippen LogP contribution in [0.25, 0.3) is 0 Å². The van der Waals surface area contributed by atoms with E-state index in [2.05, 4.69) is 69.4 Å². The van der Waals surface area contributed by atoms with Gasteiger partial charge in [-0.2, -0.15) is 0 Å². The molecule has 2 atom stereocenters. The van der Waals surface area contributed by atoms with Crippen LogP contribution in [0.1, 0.15) is 89.7 Å². The molecule has 1 saturated heterocycles. The minimum absolute atomic E-state index is 0.150. The fourth-order valence-corrected chi connectivity index (χ4v) is 8.94.